The molecule has 3 rings (SSSR count). The van der Waals surface area contributed by atoms with Gasteiger partial charge in [0.15, 0.2) is 0 Å². The van der Waals surface area contributed by atoms with Crippen LogP contribution in [0.3, 0.4) is 0 Å². The van der Waals surface area contributed by atoms with Crippen LogP contribution in [-0.4, -0.2) is 41.5 Å². The van der Waals surface area contributed by atoms with E-state index in [2.05, 4.69) is 30.1 Å². The highest BCUT2D eigenvalue weighted by atomic mass is 16.2. The van der Waals surface area contributed by atoms with Gasteiger partial charge in [0.2, 0.25) is 0 Å². The second kappa shape index (κ2) is 4.30. The largest absolute Gasteiger partial charge is 0.357 e. The number of amides is 2. The van der Waals surface area contributed by atoms with Crippen molar-refractivity contribution in [2.24, 2.45) is 0 Å². The van der Waals surface area contributed by atoms with Crippen LogP contribution in [0.1, 0.15) is 24.1 Å². The Bertz CT molecular complexity index is 629. The summed E-state index contributed by atoms with van der Waals surface area (Å²) >= 11 is 0. The number of para-hydroxylation sites is 1. The Hall–Kier alpha value is -1.97. The molecule has 2 heterocycles. The number of nitrogens with zero attached hydrogens (tertiary/aromatic N) is 2. The van der Waals surface area contributed by atoms with Crippen LogP contribution in [0.15, 0.2) is 24.3 Å². The van der Waals surface area contributed by atoms with Gasteiger partial charge in [-0.2, -0.15) is 0 Å². The van der Waals surface area contributed by atoms with Gasteiger partial charge in [0, 0.05) is 43.2 Å². The lowest BCUT2D eigenvalue weighted by molar-refractivity contribution is 0.160. The number of urea groups is 1. The molecule has 19 heavy (non-hydrogen) atoms. The first-order valence-electron chi connectivity index (χ1n) is 6.63. The maximum absolute atomic E-state index is 12.1. The molecule has 0 fully saturated rings. The second-order valence-corrected chi connectivity index (χ2v) is 5.52. The summed E-state index contributed by atoms with van der Waals surface area (Å²) in [5.41, 5.74) is 3.71. The Labute approximate surface area is 113 Å². The van der Waals surface area contributed by atoms with Crippen molar-refractivity contribution in [1.82, 2.24) is 14.8 Å². The molecule has 0 bridgehead atoms. The van der Waals surface area contributed by atoms with Gasteiger partial charge in [-0.05, 0) is 11.6 Å². The van der Waals surface area contributed by atoms with E-state index in [0.717, 1.165) is 6.54 Å². The number of aromatic nitrogens is 1. The summed E-state index contributed by atoms with van der Waals surface area (Å²) in [6.07, 6.45) is 0. The van der Waals surface area contributed by atoms with E-state index in [1.165, 1.54) is 22.2 Å². The van der Waals surface area contributed by atoms with Crippen LogP contribution >= 0.6 is 0 Å². The summed E-state index contributed by atoms with van der Waals surface area (Å²) in [6, 6.07) is 8.44. The predicted molar refractivity (Wildman–Crippen MR) is 76.2 cm³/mol. The molecule has 1 aromatic heterocycles. The summed E-state index contributed by atoms with van der Waals surface area (Å²) < 4.78 is 0. The van der Waals surface area contributed by atoms with Crippen molar-refractivity contribution >= 4 is 16.9 Å². The van der Waals surface area contributed by atoms with Crippen molar-refractivity contribution in [2.75, 3.05) is 20.6 Å². The highest BCUT2D eigenvalue weighted by molar-refractivity contribution is 5.86. The number of carbonyl (C=O) groups is 1. The third kappa shape index (κ3) is 1.87. The molecule has 1 aliphatic heterocycles. The van der Waals surface area contributed by atoms with Crippen LogP contribution in [0.25, 0.3) is 10.9 Å². The molecule has 100 valence electrons. The molecule has 2 aromatic rings. The molecule has 0 spiro atoms. The normalized spacial score (nSPS) is 18.5. The Morgan fingerprint density at radius 2 is 2.11 bits per heavy atom. The quantitative estimate of drug-likeness (QED) is 0.774. The lowest BCUT2D eigenvalue weighted by Gasteiger charge is -2.33. The van der Waals surface area contributed by atoms with Gasteiger partial charge in [0.25, 0.3) is 0 Å². The minimum atomic E-state index is 0.0798. The van der Waals surface area contributed by atoms with E-state index in [0.29, 0.717) is 12.5 Å². The van der Waals surface area contributed by atoms with Gasteiger partial charge in [-0.1, -0.05) is 25.1 Å². The number of aromatic amines is 1. The van der Waals surface area contributed by atoms with Crippen LogP contribution < -0.4 is 0 Å². The zero-order valence-electron chi connectivity index (χ0n) is 11.6. The molecule has 0 saturated heterocycles. The van der Waals surface area contributed by atoms with Crippen molar-refractivity contribution < 1.29 is 4.79 Å². The zero-order valence-corrected chi connectivity index (χ0v) is 11.6. The number of fused-ring (bicyclic) bond motifs is 3. The van der Waals surface area contributed by atoms with Crippen molar-refractivity contribution in [1.29, 1.82) is 0 Å². The molecule has 0 saturated carbocycles. The monoisotopic (exact) mass is 257 g/mol. The van der Waals surface area contributed by atoms with Crippen LogP contribution in [0, 0.1) is 0 Å². The Morgan fingerprint density at radius 3 is 2.84 bits per heavy atom. The number of rotatable bonds is 0. The third-order valence-electron chi connectivity index (χ3n) is 3.82. The Morgan fingerprint density at radius 1 is 1.37 bits per heavy atom. The summed E-state index contributed by atoms with van der Waals surface area (Å²) in [6.45, 7) is 3.64. The minimum Gasteiger partial charge on any atom is -0.357 e. The zero-order chi connectivity index (χ0) is 13.6. The molecule has 1 unspecified atom stereocenters. The first-order valence-corrected chi connectivity index (χ1v) is 6.63. The summed E-state index contributed by atoms with van der Waals surface area (Å²) in [4.78, 5) is 19.1. The van der Waals surface area contributed by atoms with E-state index >= 15 is 0 Å². The predicted octanol–water partition coefficient (Wildman–Crippen LogP) is 2.77. The van der Waals surface area contributed by atoms with Crippen LogP contribution in [-0.2, 0) is 6.54 Å². The number of nitrogens with one attached hydrogen (secondary N) is 1. The van der Waals surface area contributed by atoms with Gasteiger partial charge in [0.1, 0.15) is 0 Å². The molecule has 2 amide bonds. The van der Waals surface area contributed by atoms with Gasteiger partial charge in [-0.15, -0.1) is 0 Å². The minimum absolute atomic E-state index is 0.0798. The summed E-state index contributed by atoms with van der Waals surface area (Å²) in [5, 5.41) is 1.29. The summed E-state index contributed by atoms with van der Waals surface area (Å²) in [7, 11) is 3.60. The van der Waals surface area contributed by atoms with Crippen LogP contribution in [0.5, 0.6) is 0 Å². The number of hydrogen-bond acceptors (Lipinski definition) is 1. The fourth-order valence-corrected chi connectivity index (χ4v) is 3.01. The standard InChI is InChI=1S/C15H19N3O/c1-10-8-18(15(19)17(2)3)9-13-14(10)11-6-4-5-7-12(11)16-13/h4-7,10,16H,8-9H2,1-3H3. The second-order valence-electron chi connectivity index (χ2n) is 5.52. The first-order chi connectivity index (χ1) is 9.08. The highest BCUT2D eigenvalue weighted by Crippen LogP contribution is 2.34. The average molecular weight is 257 g/mol. The van der Waals surface area contributed by atoms with Gasteiger partial charge >= 0.3 is 6.03 Å². The van der Waals surface area contributed by atoms with Crippen molar-refractivity contribution in [2.45, 2.75) is 19.4 Å². The van der Waals surface area contributed by atoms with E-state index in [1.54, 1.807) is 19.0 Å². The van der Waals surface area contributed by atoms with Crippen LogP contribution in [0.4, 0.5) is 4.79 Å². The number of benzene rings is 1. The van der Waals surface area contributed by atoms with Gasteiger partial charge in [0.05, 0.1) is 6.54 Å². The first kappa shape index (κ1) is 12.1. The molecular formula is C15H19N3O. The van der Waals surface area contributed by atoms with Crippen molar-refractivity contribution in [3.8, 4) is 0 Å². The fraction of sp³-hybridized carbons (Fsp3) is 0.400. The molecule has 1 aromatic carbocycles. The topological polar surface area (TPSA) is 39.3 Å². The molecule has 0 radical (unpaired) electrons. The summed E-state index contributed by atoms with van der Waals surface area (Å²) in [5.74, 6) is 0.365. The lowest BCUT2D eigenvalue weighted by atomic mass is 9.94. The molecular weight excluding hydrogens is 238 g/mol. The molecule has 1 atom stereocenters. The molecule has 1 aliphatic rings. The smallest absolute Gasteiger partial charge is 0.319 e. The highest BCUT2D eigenvalue weighted by Gasteiger charge is 2.29. The fourth-order valence-electron chi connectivity index (χ4n) is 3.01. The lowest BCUT2D eigenvalue weighted by Crippen LogP contribution is -2.43. The Balaban J connectivity index is 2.03. The molecule has 4 heteroatoms. The maximum atomic E-state index is 12.1. The maximum Gasteiger partial charge on any atom is 0.319 e. The SMILES string of the molecule is CC1CN(C(=O)N(C)C)Cc2[nH]c3ccccc3c21. The molecule has 0 aliphatic carbocycles. The van der Waals surface area contributed by atoms with E-state index in [1.807, 2.05) is 11.0 Å². The molecule has 4 nitrogen and oxygen atoms in total. The molecule has 1 N–H and O–H groups in total. The Kier molecular flexibility index (Phi) is 2.73. The van der Waals surface area contributed by atoms with E-state index < -0.39 is 0 Å². The number of H-pyrrole nitrogens is 1. The van der Waals surface area contributed by atoms with E-state index in [-0.39, 0.29) is 6.03 Å². The van der Waals surface area contributed by atoms with Gasteiger partial charge in [-0.3, -0.25) is 0 Å². The van der Waals surface area contributed by atoms with E-state index in [4.69, 9.17) is 0 Å². The number of hydrogen-bond donors (Lipinski definition) is 1. The van der Waals surface area contributed by atoms with Gasteiger partial charge in [-0.25, -0.2) is 4.79 Å². The third-order valence-corrected chi connectivity index (χ3v) is 3.82. The van der Waals surface area contributed by atoms with Crippen molar-refractivity contribution in [3.63, 3.8) is 0 Å². The van der Waals surface area contributed by atoms with Gasteiger partial charge < -0.3 is 14.8 Å². The average Bonchev–Trinajstić information content (AvgIpc) is 2.76. The van der Waals surface area contributed by atoms with E-state index in [9.17, 15) is 4.79 Å². The van der Waals surface area contributed by atoms with Crippen molar-refractivity contribution in [3.05, 3.63) is 35.5 Å². The van der Waals surface area contributed by atoms with Crippen LogP contribution in [0.2, 0.25) is 0 Å². The number of carbonyl (C=O) groups excluding carboxylic acids is 1.